The Labute approximate surface area is 267 Å². The Bertz CT molecular complexity index is 1510. The number of halogens is 4. The van der Waals surface area contributed by atoms with Crippen LogP contribution in [0, 0.1) is 17.8 Å². The van der Waals surface area contributed by atoms with E-state index >= 15 is 0 Å². The van der Waals surface area contributed by atoms with Gasteiger partial charge in [-0.2, -0.15) is 26.0 Å². The largest absolute Gasteiger partial charge is 0.458 e. The molecule has 13 heteroatoms. The normalized spacial score (nSPS) is 24.0. The molecule has 46 heavy (non-hydrogen) atoms. The molecule has 1 N–H and O–H groups in total. The van der Waals surface area contributed by atoms with Crippen LogP contribution in [-0.4, -0.2) is 48.3 Å². The first kappa shape index (κ1) is 33.9. The number of carbonyl (C=O) groups excluding carboxylic acids is 2. The van der Waals surface area contributed by atoms with Crippen molar-refractivity contribution < 1.29 is 49.6 Å². The van der Waals surface area contributed by atoms with Gasteiger partial charge in [-0.3, -0.25) is 14.1 Å². The summed E-state index contributed by atoms with van der Waals surface area (Å²) in [6, 6.07) is 32.2. The zero-order valence-corrected chi connectivity index (χ0v) is 26.1. The fourth-order valence-corrected chi connectivity index (χ4v) is 8.90. The van der Waals surface area contributed by atoms with Gasteiger partial charge in [0.05, 0.1) is 23.2 Å². The molecule has 0 amide bonds. The fraction of sp³-hybridized carbons (Fsp3) is 0.394. The molecular formula is C33H33F4O7S2+. The number of fused-ring (bicyclic) bond motifs is 1. The van der Waals surface area contributed by atoms with Gasteiger partial charge in [0.15, 0.2) is 14.7 Å². The number of alkyl halides is 4. The zero-order valence-electron chi connectivity index (χ0n) is 24.5. The summed E-state index contributed by atoms with van der Waals surface area (Å²) in [5.74, 6) is -6.99. The SMILES string of the molecule is O=C(CCC(F)(F)C(F)(F)S(=O)(=O)O)OC1C2CC3CC(C2)C(=O)OC1C3.c1ccc([S+](c2ccccc2)c2ccccc2)cc1. The lowest BCUT2D eigenvalue weighted by Crippen LogP contribution is -2.47. The average molecular weight is 682 g/mol. The second kappa shape index (κ2) is 13.7. The van der Waals surface area contributed by atoms with Crippen molar-refractivity contribution in [3.8, 4) is 0 Å². The van der Waals surface area contributed by atoms with Crippen LogP contribution in [0.1, 0.15) is 38.5 Å². The zero-order chi connectivity index (χ0) is 33.1. The molecule has 2 aliphatic carbocycles. The van der Waals surface area contributed by atoms with Crippen molar-refractivity contribution in [3.05, 3.63) is 91.0 Å². The minimum absolute atomic E-state index is 0.0146. The molecule has 3 aromatic carbocycles. The lowest BCUT2D eigenvalue weighted by Gasteiger charge is -2.41. The van der Waals surface area contributed by atoms with E-state index < -0.39 is 52.3 Å². The number of hydrogen-bond acceptors (Lipinski definition) is 6. The molecule has 4 fully saturated rings. The summed E-state index contributed by atoms with van der Waals surface area (Å²) in [4.78, 5) is 27.9. The summed E-state index contributed by atoms with van der Waals surface area (Å²) < 4.78 is 92.9. The molecule has 5 atom stereocenters. The van der Waals surface area contributed by atoms with Gasteiger partial charge in [0, 0.05) is 12.3 Å². The lowest BCUT2D eigenvalue weighted by molar-refractivity contribution is -0.181. The van der Waals surface area contributed by atoms with E-state index in [1.165, 1.54) is 14.7 Å². The summed E-state index contributed by atoms with van der Waals surface area (Å²) in [6.45, 7) is 0. The molecule has 0 radical (unpaired) electrons. The topological polar surface area (TPSA) is 107 Å². The molecule has 7 rings (SSSR count). The maximum Gasteiger partial charge on any atom is 0.431 e. The Hall–Kier alpha value is -3.42. The summed E-state index contributed by atoms with van der Waals surface area (Å²) in [5, 5.41) is -5.73. The number of esters is 2. The maximum atomic E-state index is 13.5. The third-order valence-corrected chi connectivity index (χ3v) is 11.6. The molecule has 2 saturated carbocycles. The summed E-state index contributed by atoms with van der Waals surface area (Å²) in [7, 11) is -6.37. The molecule has 0 spiro atoms. The average Bonchev–Trinajstić information content (AvgIpc) is 3.19. The molecule has 2 aliphatic heterocycles. The van der Waals surface area contributed by atoms with E-state index in [4.69, 9.17) is 14.0 Å². The summed E-state index contributed by atoms with van der Waals surface area (Å²) in [5.41, 5.74) is 0. The van der Waals surface area contributed by atoms with E-state index in [9.17, 15) is 35.6 Å². The van der Waals surface area contributed by atoms with Crippen molar-refractivity contribution in [2.45, 2.75) is 76.6 Å². The quantitative estimate of drug-likeness (QED) is 0.113. The Morgan fingerprint density at radius 1 is 0.826 bits per heavy atom. The number of rotatable bonds is 9. The third-order valence-electron chi connectivity index (χ3n) is 8.44. The number of ether oxygens (including phenoxy) is 2. The lowest BCUT2D eigenvalue weighted by atomic mass is 9.67. The van der Waals surface area contributed by atoms with Crippen LogP contribution in [0.15, 0.2) is 106 Å². The van der Waals surface area contributed by atoms with Gasteiger partial charge in [0.25, 0.3) is 0 Å². The highest BCUT2D eigenvalue weighted by atomic mass is 32.2. The predicted octanol–water partition coefficient (Wildman–Crippen LogP) is 6.94. The van der Waals surface area contributed by atoms with Crippen molar-refractivity contribution in [2.75, 3.05) is 0 Å². The maximum absolute atomic E-state index is 13.5. The van der Waals surface area contributed by atoms with Crippen LogP contribution >= 0.6 is 0 Å². The van der Waals surface area contributed by atoms with E-state index in [0.29, 0.717) is 25.7 Å². The van der Waals surface area contributed by atoms with Crippen LogP contribution in [0.4, 0.5) is 17.6 Å². The highest BCUT2D eigenvalue weighted by molar-refractivity contribution is 7.97. The summed E-state index contributed by atoms with van der Waals surface area (Å²) in [6.07, 6.45) is -2.23. The van der Waals surface area contributed by atoms with Crippen LogP contribution in [0.3, 0.4) is 0 Å². The Morgan fingerprint density at radius 2 is 1.33 bits per heavy atom. The molecule has 2 saturated heterocycles. The molecule has 5 unspecified atom stereocenters. The number of benzene rings is 3. The number of carbonyl (C=O) groups is 2. The summed E-state index contributed by atoms with van der Waals surface area (Å²) >= 11 is 0. The third kappa shape index (κ3) is 7.42. The van der Waals surface area contributed by atoms with E-state index in [0.717, 1.165) is 0 Å². The minimum Gasteiger partial charge on any atom is -0.458 e. The van der Waals surface area contributed by atoms with Gasteiger partial charge in [0.1, 0.15) is 12.2 Å². The second-order valence-corrected chi connectivity index (χ2v) is 15.1. The Kier molecular flexibility index (Phi) is 10.1. The van der Waals surface area contributed by atoms with Gasteiger partial charge in [-0.05, 0) is 68.0 Å². The first-order valence-electron chi connectivity index (χ1n) is 14.8. The van der Waals surface area contributed by atoms with Gasteiger partial charge >= 0.3 is 33.2 Å². The molecule has 0 aromatic heterocycles. The molecular weight excluding hydrogens is 648 g/mol. The standard InChI is InChI=1S/C18H15S.C15H18F4O7S/c1-4-10-16(11-5-1)19(17-12-6-2-7-13-17)18-14-8-3-9-15-18;16-14(17,15(18,19)27(22,23)24)2-1-11(20)26-12-8-3-7-4-9(6-8)13(21)25-10(12)5-7/h1-15H;7-10,12H,1-6H2,(H,22,23,24)/q+1;. The van der Waals surface area contributed by atoms with Crippen LogP contribution < -0.4 is 0 Å². The van der Waals surface area contributed by atoms with Crippen LogP contribution in [0.5, 0.6) is 0 Å². The van der Waals surface area contributed by atoms with E-state index in [1.54, 1.807) is 0 Å². The first-order valence-corrected chi connectivity index (χ1v) is 17.5. The van der Waals surface area contributed by atoms with E-state index in [-0.39, 0.29) is 34.6 Å². The first-order chi connectivity index (χ1) is 21.8. The number of hydrogen-bond donors (Lipinski definition) is 1. The molecule has 4 bridgehead atoms. The van der Waals surface area contributed by atoms with Crippen molar-refractivity contribution in [1.82, 2.24) is 0 Å². The molecule has 2 heterocycles. The van der Waals surface area contributed by atoms with Gasteiger partial charge in [0.2, 0.25) is 0 Å². The van der Waals surface area contributed by atoms with Crippen molar-refractivity contribution in [2.24, 2.45) is 17.8 Å². The monoisotopic (exact) mass is 681 g/mol. The van der Waals surface area contributed by atoms with Gasteiger partial charge in [-0.25, -0.2) is 0 Å². The van der Waals surface area contributed by atoms with Crippen molar-refractivity contribution in [3.63, 3.8) is 0 Å². The Morgan fingerprint density at radius 3 is 1.80 bits per heavy atom. The van der Waals surface area contributed by atoms with Crippen molar-refractivity contribution >= 4 is 33.0 Å². The van der Waals surface area contributed by atoms with Gasteiger partial charge < -0.3 is 9.47 Å². The van der Waals surface area contributed by atoms with E-state index in [2.05, 4.69) is 91.0 Å². The smallest absolute Gasteiger partial charge is 0.431 e. The molecule has 246 valence electrons. The predicted molar refractivity (Wildman–Crippen MR) is 161 cm³/mol. The fourth-order valence-electron chi connectivity index (χ4n) is 6.32. The Balaban J connectivity index is 0.000000192. The van der Waals surface area contributed by atoms with E-state index in [1.807, 2.05) is 0 Å². The molecule has 4 aliphatic rings. The van der Waals surface area contributed by atoms with Gasteiger partial charge in [-0.1, -0.05) is 54.6 Å². The van der Waals surface area contributed by atoms with Gasteiger partial charge in [-0.15, -0.1) is 0 Å². The molecule has 7 nitrogen and oxygen atoms in total. The highest BCUT2D eigenvalue weighted by Crippen LogP contribution is 2.48. The van der Waals surface area contributed by atoms with Crippen LogP contribution in [0.2, 0.25) is 0 Å². The highest BCUT2D eigenvalue weighted by Gasteiger charge is 2.65. The van der Waals surface area contributed by atoms with Crippen molar-refractivity contribution in [1.29, 1.82) is 0 Å². The second-order valence-electron chi connectivity index (χ2n) is 11.6. The molecule has 3 aromatic rings. The minimum atomic E-state index is -6.35. The van der Waals surface area contributed by atoms with Crippen LogP contribution in [0.25, 0.3) is 0 Å². The van der Waals surface area contributed by atoms with Crippen LogP contribution in [-0.2, 0) is 40.1 Å².